The fraction of sp³-hybridized carbons (Fsp3) is 1.00. The average Bonchev–Trinajstić information content (AvgIpc) is 2.46. The highest BCUT2D eigenvalue weighted by Gasteiger charge is 2.42. The van der Waals surface area contributed by atoms with Gasteiger partial charge in [-0.05, 0) is 11.7 Å². The van der Waals surface area contributed by atoms with Crippen LogP contribution in [-0.4, -0.2) is 48.6 Å². The predicted molar refractivity (Wildman–Crippen MR) is 59.3 cm³/mol. The van der Waals surface area contributed by atoms with Crippen molar-refractivity contribution in [1.29, 1.82) is 0 Å². The number of nitrogens with one attached hydrogen (secondary N) is 1. The monoisotopic (exact) mass is 200 g/mol. The molecule has 13 heavy (non-hydrogen) atoms. The molecule has 3 heteroatoms. The molecule has 0 aromatic rings. The van der Waals surface area contributed by atoms with Crippen LogP contribution >= 0.6 is 11.8 Å². The average molecular weight is 200 g/mol. The zero-order chi connectivity index (χ0) is 9.47. The summed E-state index contributed by atoms with van der Waals surface area (Å²) in [6.45, 7) is 9.69. The molecule has 0 spiro atoms. The van der Waals surface area contributed by atoms with Gasteiger partial charge < -0.3 is 5.32 Å². The van der Waals surface area contributed by atoms with E-state index < -0.39 is 0 Å². The van der Waals surface area contributed by atoms with Crippen LogP contribution in [0.15, 0.2) is 0 Å². The molecule has 2 rings (SSSR count). The van der Waals surface area contributed by atoms with Crippen molar-refractivity contribution < 1.29 is 0 Å². The van der Waals surface area contributed by atoms with E-state index in [0.717, 1.165) is 11.3 Å². The van der Waals surface area contributed by atoms with Crippen molar-refractivity contribution in [3.63, 3.8) is 0 Å². The lowest BCUT2D eigenvalue weighted by atomic mass is 9.83. The Hall–Kier alpha value is 0.270. The summed E-state index contributed by atoms with van der Waals surface area (Å²) in [7, 11) is 0. The molecule has 0 aliphatic carbocycles. The quantitative estimate of drug-likeness (QED) is 0.717. The van der Waals surface area contributed by atoms with Gasteiger partial charge in [-0.25, -0.2) is 0 Å². The van der Waals surface area contributed by atoms with Crippen LogP contribution in [0.25, 0.3) is 0 Å². The van der Waals surface area contributed by atoms with E-state index in [1.54, 1.807) is 0 Å². The maximum atomic E-state index is 3.49. The van der Waals surface area contributed by atoms with Gasteiger partial charge in [-0.3, -0.25) is 4.90 Å². The second-order valence-corrected chi connectivity index (χ2v) is 6.15. The first-order chi connectivity index (χ1) is 6.12. The van der Waals surface area contributed by atoms with Gasteiger partial charge in [0.15, 0.2) is 0 Å². The zero-order valence-corrected chi connectivity index (χ0v) is 9.66. The van der Waals surface area contributed by atoms with Crippen molar-refractivity contribution >= 4 is 11.8 Å². The first kappa shape index (κ1) is 9.81. The van der Waals surface area contributed by atoms with Crippen molar-refractivity contribution in [2.24, 2.45) is 5.41 Å². The molecule has 2 atom stereocenters. The number of rotatable bonds is 2. The molecule has 0 bridgehead atoms. The number of hydrogen-bond donors (Lipinski definition) is 1. The van der Waals surface area contributed by atoms with Gasteiger partial charge in [-0.15, -0.1) is 0 Å². The predicted octanol–water partition coefficient (Wildman–Crippen LogP) is 1.03. The minimum Gasteiger partial charge on any atom is -0.314 e. The highest BCUT2D eigenvalue weighted by molar-refractivity contribution is 7.99. The molecule has 0 aromatic heterocycles. The second-order valence-electron chi connectivity index (χ2n) is 5.07. The maximum Gasteiger partial charge on any atom is 0.0352 e. The van der Waals surface area contributed by atoms with E-state index in [1.165, 1.54) is 26.2 Å². The maximum absolute atomic E-state index is 3.49. The van der Waals surface area contributed by atoms with Gasteiger partial charge in [0.25, 0.3) is 0 Å². The van der Waals surface area contributed by atoms with Gasteiger partial charge in [0.05, 0.1) is 0 Å². The summed E-state index contributed by atoms with van der Waals surface area (Å²) >= 11 is 2.01. The highest BCUT2D eigenvalue weighted by atomic mass is 32.2. The fourth-order valence-corrected chi connectivity index (χ4v) is 3.40. The topological polar surface area (TPSA) is 15.3 Å². The smallest absolute Gasteiger partial charge is 0.0352 e. The van der Waals surface area contributed by atoms with Crippen molar-refractivity contribution in [3.05, 3.63) is 0 Å². The molecule has 0 saturated carbocycles. The van der Waals surface area contributed by atoms with Crippen LogP contribution in [0.5, 0.6) is 0 Å². The van der Waals surface area contributed by atoms with Crippen LogP contribution in [-0.2, 0) is 0 Å². The summed E-state index contributed by atoms with van der Waals surface area (Å²) in [4.78, 5) is 2.64. The van der Waals surface area contributed by atoms with Gasteiger partial charge in [0.1, 0.15) is 0 Å². The molecule has 76 valence electrons. The number of hydrogen-bond acceptors (Lipinski definition) is 3. The Bertz CT molecular complexity index is 185. The third-order valence-electron chi connectivity index (χ3n) is 3.16. The van der Waals surface area contributed by atoms with E-state index in [4.69, 9.17) is 0 Å². The highest BCUT2D eigenvalue weighted by Crippen LogP contribution is 2.33. The lowest BCUT2D eigenvalue weighted by Gasteiger charge is -2.50. The number of nitrogens with zero attached hydrogens (tertiary/aromatic N) is 1. The van der Waals surface area contributed by atoms with Crippen molar-refractivity contribution in [1.82, 2.24) is 10.2 Å². The molecule has 0 amide bonds. The molecule has 2 nitrogen and oxygen atoms in total. The van der Waals surface area contributed by atoms with Crippen LogP contribution < -0.4 is 5.32 Å². The third kappa shape index (κ3) is 1.88. The van der Waals surface area contributed by atoms with Crippen molar-refractivity contribution in [2.75, 3.05) is 32.4 Å². The van der Waals surface area contributed by atoms with Gasteiger partial charge >= 0.3 is 0 Å². The van der Waals surface area contributed by atoms with Crippen LogP contribution in [0, 0.1) is 5.41 Å². The standard InChI is InChI=1S/C10H20N2S/c1-10(2)6-12(7-10)8-4-11-5-9(8)13-3/h8-9,11H,4-7H2,1-3H3. The Labute approximate surface area is 85.4 Å². The van der Waals surface area contributed by atoms with Crippen molar-refractivity contribution in [2.45, 2.75) is 25.1 Å². The Balaban J connectivity index is 1.88. The van der Waals surface area contributed by atoms with E-state index in [2.05, 4.69) is 30.3 Å². The van der Waals surface area contributed by atoms with Crippen LogP contribution in [0.2, 0.25) is 0 Å². The van der Waals surface area contributed by atoms with Crippen LogP contribution in [0.3, 0.4) is 0 Å². The third-order valence-corrected chi connectivity index (χ3v) is 4.25. The molecule has 0 aromatic carbocycles. The Kier molecular flexibility index (Phi) is 2.60. The van der Waals surface area contributed by atoms with Gasteiger partial charge in [0.2, 0.25) is 0 Å². The Morgan fingerprint density at radius 3 is 2.54 bits per heavy atom. The minimum absolute atomic E-state index is 0.575. The second kappa shape index (κ2) is 3.44. The summed E-state index contributed by atoms with van der Waals surface area (Å²) in [5, 5.41) is 4.30. The summed E-state index contributed by atoms with van der Waals surface area (Å²) in [6, 6.07) is 0.794. The van der Waals surface area contributed by atoms with E-state index >= 15 is 0 Å². The van der Waals surface area contributed by atoms with Gasteiger partial charge in [0, 0.05) is 37.5 Å². The van der Waals surface area contributed by atoms with Gasteiger partial charge in [-0.1, -0.05) is 13.8 Å². The molecule has 2 fully saturated rings. The molecule has 2 unspecified atom stereocenters. The molecular weight excluding hydrogens is 180 g/mol. The molecule has 0 radical (unpaired) electrons. The Morgan fingerprint density at radius 1 is 1.31 bits per heavy atom. The molecular formula is C10H20N2S. The summed E-state index contributed by atoms with van der Waals surface area (Å²) < 4.78 is 0. The van der Waals surface area contributed by atoms with E-state index in [9.17, 15) is 0 Å². The minimum atomic E-state index is 0.575. The van der Waals surface area contributed by atoms with Crippen LogP contribution in [0.4, 0.5) is 0 Å². The SMILES string of the molecule is CSC1CNCC1N1CC(C)(C)C1. The lowest BCUT2D eigenvalue weighted by molar-refractivity contribution is 0.00204. The van der Waals surface area contributed by atoms with E-state index in [0.29, 0.717) is 5.41 Å². The van der Waals surface area contributed by atoms with Gasteiger partial charge in [-0.2, -0.15) is 11.8 Å². The number of likely N-dealkylation sites (tertiary alicyclic amines) is 1. The summed E-state index contributed by atoms with van der Waals surface area (Å²) in [5.74, 6) is 0. The summed E-state index contributed by atoms with van der Waals surface area (Å²) in [5.41, 5.74) is 0.575. The lowest BCUT2D eigenvalue weighted by Crippen LogP contribution is -2.59. The normalized spacial score (nSPS) is 39.0. The molecule has 2 saturated heterocycles. The first-order valence-corrected chi connectivity index (χ1v) is 6.39. The fourth-order valence-electron chi connectivity index (χ4n) is 2.53. The largest absolute Gasteiger partial charge is 0.314 e. The summed E-state index contributed by atoms with van der Waals surface area (Å²) in [6.07, 6.45) is 2.23. The molecule has 1 N–H and O–H groups in total. The first-order valence-electron chi connectivity index (χ1n) is 5.10. The Morgan fingerprint density at radius 2 is 2.00 bits per heavy atom. The van der Waals surface area contributed by atoms with Crippen molar-refractivity contribution in [3.8, 4) is 0 Å². The molecule has 2 aliphatic heterocycles. The number of thioether (sulfide) groups is 1. The zero-order valence-electron chi connectivity index (χ0n) is 8.84. The van der Waals surface area contributed by atoms with Crippen LogP contribution in [0.1, 0.15) is 13.8 Å². The molecule has 2 heterocycles. The van der Waals surface area contributed by atoms with E-state index in [1.807, 2.05) is 11.8 Å². The molecule has 2 aliphatic rings. The van der Waals surface area contributed by atoms with E-state index in [-0.39, 0.29) is 0 Å².